The highest BCUT2D eigenvalue weighted by molar-refractivity contribution is 7.99. The summed E-state index contributed by atoms with van der Waals surface area (Å²) in [7, 11) is 0. The van der Waals surface area contributed by atoms with Crippen molar-refractivity contribution in [1.29, 1.82) is 0 Å². The molecule has 1 unspecified atom stereocenters. The molecule has 1 aliphatic rings. The lowest BCUT2D eigenvalue weighted by atomic mass is 10.2. The third-order valence-electron chi connectivity index (χ3n) is 1.85. The summed E-state index contributed by atoms with van der Waals surface area (Å²) in [5, 5.41) is 6.90. The van der Waals surface area contributed by atoms with Gasteiger partial charge in [0, 0.05) is 11.8 Å². The molecule has 0 saturated carbocycles. The van der Waals surface area contributed by atoms with Gasteiger partial charge in [0.15, 0.2) is 5.11 Å². The first-order chi connectivity index (χ1) is 6.33. The van der Waals surface area contributed by atoms with E-state index in [4.69, 9.17) is 18.6 Å². The number of hydrogen-bond acceptors (Lipinski definition) is 2. The maximum atomic E-state index is 5.11. The number of nitrogens with one attached hydrogen (secondary N) is 2. The average molecular weight is 214 g/mol. The molecule has 0 bridgehead atoms. The second-order valence-electron chi connectivity index (χ2n) is 2.95. The SMILES string of the molecule is C#CCNC(=S)NC1CCCSC1. The average Bonchev–Trinajstić information content (AvgIpc) is 2.16. The van der Waals surface area contributed by atoms with Crippen LogP contribution in [0.15, 0.2) is 0 Å². The fourth-order valence-electron chi connectivity index (χ4n) is 1.22. The van der Waals surface area contributed by atoms with Crippen molar-refractivity contribution in [1.82, 2.24) is 10.6 Å². The molecule has 1 saturated heterocycles. The van der Waals surface area contributed by atoms with Crippen LogP contribution in [0.4, 0.5) is 0 Å². The first kappa shape index (κ1) is 10.7. The van der Waals surface area contributed by atoms with Crippen LogP contribution in [0.5, 0.6) is 0 Å². The van der Waals surface area contributed by atoms with Crippen LogP contribution in [0, 0.1) is 12.3 Å². The van der Waals surface area contributed by atoms with Crippen molar-refractivity contribution in [3.63, 3.8) is 0 Å². The van der Waals surface area contributed by atoms with Crippen LogP contribution in [0.2, 0.25) is 0 Å². The number of thioether (sulfide) groups is 1. The van der Waals surface area contributed by atoms with Crippen LogP contribution in [0.25, 0.3) is 0 Å². The lowest BCUT2D eigenvalue weighted by molar-refractivity contribution is 0.590. The molecule has 0 aromatic heterocycles. The summed E-state index contributed by atoms with van der Waals surface area (Å²) in [5.74, 6) is 4.92. The van der Waals surface area contributed by atoms with Gasteiger partial charge in [-0.05, 0) is 30.8 Å². The van der Waals surface area contributed by atoms with Crippen molar-refractivity contribution in [2.75, 3.05) is 18.1 Å². The zero-order valence-corrected chi connectivity index (χ0v) is 9.14. The highest BCUT2D eigenvalue weighted by Crippen LogP contribution is 2.16. The molecule has 1 heterocycles. The first-order valence-electron chi connectivity index (χ1n) is 4.38. The molecule has 2 N–H and O–H groups in total. The standard InChI is InChI=1S/C9H14N2S2/c1-2-5-10-9(12)11-8-4-3-6-13-7-8/h1,8H,3-7H2,(H2,10,11,12). The molecule has 1 aliphatic heterocycles. The lowest BCUT2D eigenvalue weighted by Gasteiger charge is -2.23. The molecule has 0 spiro atoms. The number of terminal acetylenes is 1. The van der Waals surface area contributed by atoms with Crippen molar-refractivity contribution >= 4 is 29.1 Å². The zero-order valence-electron chi connectivity index (χ0n) is 7.51. The molecule has 0 aromatic rings. The second kappa shape index (κ2) is 6.11. The molecule has 13 heavy (non-hydrogen) atoms. The summed E-state index contributed by atoms with van der Waals surface area (Å²) in [4.78, 5) is 0. The number of thiocarbonyl (C=S) groups is 1. The molecular weight excluding hydrogens is 200 g/mol. The van der Waals surface area contributed by atoms with E-state index in [0.29, 0.717) is 17.7 Å². The molecule has 4 heteroatoms. The summed E-state index contributed by atoms with van der Waals surface area (Å²) in [5.41, 5.74) is 0. The largest absolute Gasteiger partial charge is 0.359 e. The summed E-state index contributed by atoms with van der Waals surface area (Å²) >= 11 is 7.05. The van der Waals surface area contributed by atoms with Gasteiger partial charge in [-0.3, -0.25) is 0 Å². The van der Waals surface area contributed by atoms with Gasteiger partial charge in [0.1, 0.15) is 0 Å². The third kappa shape index (κ3) is 4.39. The van der Waals surface area contributed by atoms with Crippen molar-refractivity contribution in [2.24, 2.45) is 0 Å². The van der Waals surface area contributed by atoms with E-state index in [1.165, 1.54) is 18.6 Å². The predicted octanol–water partition coefficient (Wildman–Crippen LogP) is 0.979. The number of hydrogen-bond donors (Lipinski definition) is 2. The van der Waals surface area contributed by atoms with E-state index in [0.717, 1.165) is 5.75 Å². The van der Waals surface area contributed by atoms with Crippen LogP contribution in [0.1, 0.15) is 12.8 Å². The van der Waals surface area contributed by atoms with Crippen LogP contribution in [0.3, 0.4) is 0 Å². The van der Waals surface area contributed by atoms with Crippen LogP contribution < -0.4 is 10.6 Å². The van der Waals surface area contributed by atoms with Gasteiger partial charge in [-0.25, -0.2) is 0 Å². The van der Waals surface area contributed by atoms with Gasteiger partial charge in [0.25, 0.3) is 0 Å². The Bertz CT molecular complexity index is 204. The second-order valence-corrected chi connectivity index (χ2v) is 4.50. The van der Waals surface area contributed by atoms with E-state index in [1.807, 2.05) is 11.8 Å². The molecular formula is C9H14N2S2. The fraction of sp³-hybridized carbons (Fsp3) is 0.667. The molecule has 1 atom stereocenters. The Morgan fingerprint density at radius 3 is 3.15 bits per heavy atom. The molecule has 72 valence electrons. The minimum atomic E-state index is 0.506. The van der Waals surface area contributed by atoms with Crippen LogP contribution >= 0.6 is 24.0 Å². The Labute approximate surface area is 89.2 Å². The Hall–Kier alpha value is -0.400. The Morgan fingerprint density at radius 2 is 2.54 bits per heavy atom. The van der Waals surface area contributed by atoms with Crippen molar-refractivity contribution in [3.05, 3.63) is 0 Å². The lowest BCUT2D eigenvalue weighted by Crippen LogP contribution is -2.44. The van der Waals surface area contributed by atoms with E-state index in [9.17, 15) is 0 Å². The van der Waals surface area contributed by atoms with Gasteiger partial charge in [0.05, 0.1) is 6.54 Å². The van der Waals surface area contributed by atoms with E-state index in [2.05, 4.69) is 16.6 Å². The molecule has 0 radical (unpaired) electrons. The van der Waals surface area contributed by atoms with Gasteiger partial charge >= 0.3 is 0 Å². The minimum Gasteiger partial charge on any atom is -0.359 e. The maximum Gasteiger partial charge on any atom is 0.167 e. The van der Waals surface area contributed by atoms with E-state index >= 15 is 0 Å². The van der Waals surface area contributed by atoms with Crippen molar-refractivity contribution < 1.29 is 0 Å². The molecule has 0 amide bonds. The van der Waals surface area contributed by atoms with Crippen LogP contribution in [-0.2, 0) is 0 Å². The van der Waals surface area contributed by atoms with E-state index in [-0.39, 0.29) is 0 Å². The quantitative estimate of drug-likeness (QED) is 0.528. The van der Waals surface area contributed by atoms with E-state index in [1.54, 1.807) is 0 Å². The van der Waals surface area contributed by atoms with Crippen LogP contribution in [-0.4, -0.2) is 29.2 Å². The fourth-order valence-corrected chi connectivity index (χ4v) is 2.53. The molecule has 1 rings (SSSR count). The van der Waals surface area contributed by atoms with Crippen molar-refractivity contribution in [3.8, 4) is 12.3 Å². The van der Waals surface area contributed by atoms with Gasteiger partial charge < -0.3 is 10.6 Å². The topological polar surface area (TPSA) is 24.1 Å². The zero-order chi connectivity index (χ0) is 9.52. The van der Waals surface area contributed by atoms with E-state index < -0.39 is 0 Å². The summed E-state index contributed by atoms with van der Waals surface area (Å²) in [6.45, 7) is 0.506. The smallest absolute Gasteiger partial charge is 0.167 e. The third-order valence-corrected chi connectivity index (χ3v) is 3.32. The maximum absolute atomic E-state index is 5.11. The molecule has 0 aromatic carbocycles. The highest BCUT2D eigenvalue weighted by Gasteiger charge is 2.13. The Morgan fingerprint density at radius 1 is 1.69 bits per heavy atom. The first-order valence-corrected chi connectivity index (χ1v) is 5.95. The van der Waals surface area contributed by atoms with Gasteiger partial charge in [-0.15, -0.1) is 6.42 Å². The summed E-state index contributed by atoms with van der Waals surface area (Å²) in [6, 6.07) is 0.525. The normalized spacial score (nSPS) is 21.6. The monoisotopic (exact) mass is 214 g/mol. The molecule has 0 aliphatic carbocycles. The highest BCUT2D eigenvalue weighted by atomic mass is 32.2. The van der Waals surface area contributed by atoms with Gasteiger partial charge in [0.2, 0.25) is 0 Å². The Kier molecular flexibility index (Phi) is 5.02. The Balaban J connectivity index is 2.15. The van der Waals surface area contributed by atoms with Gasteiger partial charge in [-0.1, -0.05) is 5.92 Å². The predicted molar refractivity (Wildman–Crippen MR) is 62.9 cm³/mol. The van der Waals surface area contributed by atoms with Crippen molar-refractivity contribution in [2.45, 2.75) is 18.9 Å². The minimum absolute atomic E-state index is 0.506. The summed E-state index contributed by atoms with van der Waals surface area (Å²) in [6.07, 6.45) is 7.60. The molecule has 1 fully saturated rings. The number of rotatable bonds is 2. The molecule has 2 nitrogen and oxygen atoms in total. The summed E-state index contributed by atoms with van der Waals surface area (Å²) < 4.78 is 0. The van der Waals surface area contributed by atoms with Gasteiger partial charge in [-0.2, -0.15) is 11.8 Å².